The van der Waals surface area contributed by atoms with Crippen LogP contribution in [0.1, 0.15) is 37.3 Å². The Labute approximate surface area is 122 Å². The smallest absolute Gasteiger partial charge is 0.202 e. The van der Waals surface area contributed by atoms with Crippen molar-refractivity contribution < 1.29 is 4.74 Å². The summed E-state index contributed by atoms with van der Waals surface area (Å²) in [6.45, 7) is 2.83. The normalized spacial score (nSPS) is 22.9. The van der Waals surface area contributed by atoms with Gasteiger partial charge in [-0.1, -0.05) is 6.92 Å². The van der Waals surface area contributed by atoms with Gasteiger partial charge in [-0.05, 0) is 12.8 Å². The van der Waals surface area contributed by atoms with E-state index in [0.717, 1.165) is 42.4 Å². The lowest BCUT2D eigenvalue weighted by atomic mass is 10.00. The van der Waals surface area contributed by atoms with Gasteiger partial charge in [-0.25, -0.2) is 4.98 Å². The molecule has 1 aliphatic rings. The van der Waals surface area contributed by atoms with E-state index in [1.807, 2.05) is 24.1 Å². The van der Waals surface area contributed by atoms with Crippen LogP contribution in [0.5, 0.6) is 0 Å². The predicted molar refractivity (Wildman–Crippen MR) is 77.8 cm³/mol. The molecule has 3 heterocycles. The molecule has 20 heavy (non-hydrogen) atoms. The van der Waals surface area contributed by atoms with Crippen molar-refractivity contribution in [1.29, 1.82) is 0 Å². The second-order valence-electron chi connectivity index (χ2n) is 5.04. The number of aromatic nitrogens is 4. The molecule has 7 heteroatoms. The fourth-order valence-corrected chi connectivity index (χ4v) is 3.12. The van der Waals surface area contributed by atoms with Crippen LogP contribution >= 0.6 is 11.5 Å². The first kappa shape index (κ1) is 13.5. The molecule has 2 aromatic rings. The molecule has 0 radical (unpaired) electrons. The third-order valence-electron chi connectivity index (χ3n) is 3.49. The summed E-state index contributed by atoms with van der Waals surface area (Å²) in [6.07, 6.45) is 6.84. The number of hydrogen-bond donors (Lipinski definition) is 1. The Morgan fingerprint density at radius 3 is 3.15 bits per heavy atom. The molecular formula is C13H19N5OS. The highest BCUT2D eigenvalue weighted by Gasteiger charge is 2.25. The molecule has 1 saturated heterocycles. The van der Waals surface area contributed by atoms with Crippen molar-refractivity contribution in [3.8, 4) is 0 Å². The van der Waals surface area contributed by atoms with Crippen molar-refractivity contribution in [2.75, 3.05) is 11.9 Å². The Bertz CT molecular complexity index is 567. The van der Waals surface area contributed by atoms with Crippen LogP contribution in [-0.2, 0) is 18.2 Å². The second-order valence-corrected chi connectivity index (χ2v) is 5.79. The summed E-state index contributed by atoms with van der Waals surface area (Å²) >= 11 is 1.44. The van der Waals surface area contributed by atoms with Gasteiger partial charge in [-0.2, -0.15) is 9.47 Å². The molecule has 3 rings (SSSR count). The van der Waals surface area contributed by atoms with Crippen LogP contribution in [0, 0.1) is 0 Å². The van der Waals surface area contributed by atoms with Crippen LogP contribution in [0.4, 0.5) is 5.13 Å². The van der Waals surface area contributed by atoms with Gasteiger partial charge >= 0.3 is 0 Å². The number of aryl methyl sites for hydroxylation is 2. The molecule has 0 saturated carbocycles. The molecule has 0 aliphatic carbocycles. The first-order chi connectivity index (χ1) is 9.74. The summed E-state index contributed by atoms with van der Waals surface area (Å²) in [5, 5.41) is 8.61. The monoisotopic (exact) mass is 293 g/mol. The van der Waals surface area contributed by atoms with Gasteiger partial charge in [0.05, 0.1) is 12.3 Å². The van der Waals surface area contributed by atoms with Crippen LogP contribution in [0.3, 0.4) is 0 Å². The first-order valence-corrected chi connectivity index (χ1v) is 7.71. The molecule has 6 nitrogen and oxygen atoms in total. The molecule has 1 aliphatic heterocycles. The average Bonchev–Trinajstić information content (AvgIpc) is 3.08. The summed E-state index contributed by atoms with van der Waals surface area (Å²) in [5.41, 5.74) is 1.14. The standard InChI is InChI=1S/C13H19N5OS/c1-3-12-16-13(20-17-12)15-10-4-5-19-11(6-10)9-7-14-18(2)8-9/h7-8,10-11H,3-6H2,1-2H3,(H,15,16,17). The predicted octanol–water partition coefficient (Wildman–Crippen LogP) is 2.17. The molecule has 1 fully saturated rings. The number of rotatable bonds is 4. The number of nitrogens with one attached hydrogen (secondary N) is 1. The van der Waals surface area contributed by atoms with Gasteiger partial charge in [-0.15, -0.1) is 0 Å². The number of nitrogens with zero attached hydrogens (tertiary/aromatic N) is 4. The van der Waals surface area contributed by atoms with Gasteiger partial charge in [0, 0.05) is 49.4 Å². The van der Waals surface area contributed by atoms with Crippen LogP contribution in [0.2, 0.25) is 0 Å². The molecule has 108 valence electrons. The van der Waals surface area contributed by atoms with E-state index in [4.69, 9.17) is 4.74 Å². The fourth-order valence-electron chi connectivity index (χ4n) is 2.40. The van der Waals surface area contributed by atoms with E-state index in [1.165, 1.54) is 11.5 Å². The second kappa shape index (κ2) is 5.88. The Morgan fingerprint density at radius 1 is 1.55 bits per heavy atom. The van der Waals surface area contributed by atoms with Gasteiger partial charge in [-0.3, -0.25) is 4.68 Å². The summed E-state index contributed by atoms with van der Waals surface area (Å²) in [4.78, 5) is 4.46. The highest BCUT2D eigenvalue weighted by Crippen LogP contribution is 2.29. The minimum Gasteiger partial charge on any atom is -0.373 e. The zero-order chi connectivity index (χ0) is 13.9. The zero-order valence-electron chi connectivity index (χ0n) is 11.7. The minimum absolute atomic E-state index is 0.119. The van der Waals surface area contributed by atoms with Gasteiger partial charge in [0.2, 0.25) is 5.13 Å². The molecule has 2 atom stereocenters. The van der Waals surface area contributed by atoms with E-state index in [9.17, 15) is 0 Å². The van der Waals surface area contributed by atoms with Gasteiger partial charge in [0.1, 0.15) is 5.82 Å². The van der Waals surface area contributed by atoms with E-state index in [-0.39, 0.29) is 6.10 Å². The van der Waals surface area contributed by atoms with Gasteiger partial charge in [0.15, 0.2) is 0 Å². The topological polar surface area (TPSA) is 64.9 Å². The Morgan fingerprint density at radius 2 is 2.45 bits per heavy atom. The first-order valence-electron chi connectivity index (χ1n) is 6.94. The maximum atomic E-state index is 5.85. The van der Waals surface area contributed by atoms with Crippen molar-refractivity contribution in [2.24, 2.45) is 7.05 Å². The lowest BCUT2D eigenvalue weighted by Gasteiger charge is -2.29. The molecule has 2 unspecified atom stereocenters. The average molecular weight is 293 g/mol. The zero-order valence-corrected chi connectivity index (χ0v) is 12.6. The van der Waals surface area contributed by atoms with Gasteiger partial charge < -0.3 is 10.1 Å². The lowest BCUT2D eigenvalue weighted by Crippen LogP contribution is -2.30. The summed E-state index contributed by atoms with van der Waals surface area (Å²) in [5.74, 6) is 0.911. The number of anilines is 1. The van der Waals surface area contributed by atoms with Gasteiger partial charge in [0.25, 0.3) is 0 Å². The van der Waals surface area contributed by atoms with Crippen LogP contribution < -0.4 is 5.32 Å². The third-order valence-corrected chi connectivity index (χ3v) is 4.18. The van der Waals surface area contributed by atoms with Crippen molar-refractivity contribution in [3.63, 3.8) is 0 Å². The lowest BCUT2D eigenvalue weighted by molar-refractivity contribution is 0.00975. The van der Waals surface area contributed by atoms with Crippen molar-refractivity contribution in [3.05, 3.63) is 23.8 Å². The maximum Gasteiger partial charge on any atom is 0.202 e. The van der Waals surface area contributed by atoms with Crippen molar-refractivity contribution in [2.45, 2.75) is 38.3 Å². The SMILES string of the molecule is CCc1nsc(NC2CCOC(c3cnn(C)c3)C2)n1. The fraction of sp³-hybridized carbons (Fsp3) is 0.615. The van der Waals surface area contributed by atoms with Crippen LogP contribution in [0.25, 0.3) is 0 Å². The van der Waals surface area contributed by atoms with E-state index >= 15 is 0 Å². The number of ether oxygens (including phenoxy) is 1. The molecule has 0 spiro atoms. The Kier molecular flexibility index (Phi) is 3.98. The van der Waals surface area contributed by atoms with Crippen LogP contribution in [0.15, 0.2) is 12.4 Å². The van der Waals surface area contributed by atoms with E-state index in [1.54, 1.807) is 0 Å². The Hall–Kier alpha value is -1.47. The van der Waals surface area contributed by atoms with E-state index < -0.39 is 0 Å². The molecular weight excluding hydrogens is 274 g/mol. The summed E-state index contributed by atoms with van der Waals surface area (Å²) in [6, 6.07) is 0.381. The van der Waals surface area contributed by atoms with E-state index in [0.29, 0.717) is 6.04 Å². The summed E-state index contributed by atoms with van der Waals surface area (Å²) < 4.78 is 12.0. The third kappa shape index (κ3) is 2.99. The minimum atomic E-state index is 0.119. The quantitative estimate of drug-likeness (QED) is 0.936. The highest BCUT2D eigenvalue weighted by molar-refractivity contribution is 7.09. The van der Waals surface area contributed by atoms with Crippen molar-refractivity contribution in [1.82, 2.24) is 19.1 Å². The Balaban J connectivity index is 1.63. The molecule has 0 amide bonds. The summed E-state index contributed by atoms with van der Waals surface area (Å²) in [7, 11) is 1.93. The maximum absolute atomic E-state index is 5.85. The number of hydrogen-bond acceptors (Lipinski definition) is 6. The molecule has 0 bridgehead atoms. The molecule has 0 aromatic carbocycles. The van der Waals surface area contributed by atoms with E-state index in [2.05, 4.69) is 26.7 Å². The molecule has 1 N–H and O–H groups in total. The molecule has 2 aromatic heterocycles. The van der Waals surface area contributed by atoms with Crippen molar-refractivity contribution >= 4 is 16.7 Å². The largest absolute Gasteiger partial charge is 0.373 e. The van der Waals surface area contributed by atoms with Crippen LogP contribution in [-0.4, -0.2) is 31.8 Å². The highest BCUT2D eigenvalue weighted by atomic mass is 32.1.